The molecule has 1 rings (SSSR count). The van der Waals surface area contributed by atoms with Crippen molar-refractivity contribution >= 4 is 11.6 Å². The van der Waals surface area contributed by atoms with Crippen molar-refractivity contribution < 1.29 is 4.74 Å². The Morgan fingerprint density at radius 1 is 1.38 bits per heavy atom. The number of hydrogen-bond donors (Lipinski definition) is 1. The van der Waals surface area contributed by atoms with Gasteiger partial charge in [-0.15, -0.1) is 0 Å². The molecule has 0 atom stereocenters. The highest BCUT2D eigenvalue weighted by atomic mass is 35.5. The Kier molecular flexibility index (Phi) is 4.63. The molecule has 16 heavy (non-hydrogen) atoms. The summed E-state index contributed by atoms with van der Waals surface area (Å²) in [5.74, 6) is 0.934. The van der Waals surface area contributed by atoms with Crippen LogP contribution in [-0.4, -0.2) is 13.2 Å². The maximum Gasteiger partial charge on any atom is 0.124 e. The highest BCUT2D eigenvalue weighted by Crippen LogP contribution is 2.32. The van der Waals surface area contributed by atoms with Gasteiger partial charge in [0.05, 0.1) is 6.10 Å². The highest BCUT2D eigenvalue weighted by Gasteiger charge is 2.13. The van der Waals surface area contributed by atoms with E-state index in [4.69, 9.17) is 16.3 Å². The van der Waals surface area contributed by atoms with Crippen molar-refractivity contribution in [2.45, 2.75) is 40.3 Å². The third kappa shape index (κ3) is 2.89. The highest BCUT2D eigenvalue weighted by molar-refractivity contribution is 6.32. The Labute approximate surface area is 103 Å². The van der Waals surface area contributed by atoms with Crippen molar-refractivity contribution in [3.05, 3.63) is 27.8 Å². The fourth-order valence-corrected chi connectivity index (χ4v) is 1.88. The molecule has 0 fully saturated rings. The minimum Gasteiger partial charge on any atom is -0.491 e. The fraction of sp³-hybridized carbons (Fsp3) is 0.538. The lowest BCUT2D eigenvalue weighted by Crippen LogP contribution is -2.13. The predicted octanol–water partition coefficient (Wildman–Crippen LogP) is 3.46. The van der Waals surface area contributed by atoms with Crippen LogP contribution < -0.4 is 10.1 Å². The Bertz CT molecular complexity index is 375. The van der Waals surface area contributed by atoms with Crippen LogP contribution in [0.1, 0.15) is 30.5 Å². The predicted molar refractivity (Wildman–Crippen MR) is 69.5 cm³/mol. The zero-order chi connectivity index (χ0) is 12.3. The van der Waals surface area contributed by atoms with Gasteiger partial charge in [-0.1, -0.05) is 11.6 Å². The SMILES string of the molecule is CNCc1c(OC(C)C)cc(C)c(Cl)c1C. The largest absolute Gasteiger partial charge is 0.491 e. The van der Waals surface area contributed by atoms with E-state index in [0.717, 1.165) is 34.0 Å². The number of rotatable bonds is 4. The van der Waals surface area contributed by atoms with Crippen LogP contribution in [0.5, 0.6) is 5.75 Å². The van der Waals surface area contributed by atoms with E-state index in [9.17, 15) is 0 Å². The Hall–Kier alpha value is -0.730. The maximum atomic E-state index is 6.24. The average molecular weight is 242 g/mol. The van der Waals surface area contributed by atoms with E-state index >= 15 is 0 Å². The summed E-state index contributed by atoms with van der Waals surface area (Å²) in [6.45, 7) is 8.87. The van der Waals surface area contributed by atoms with E-state index in [2.05, 4.69) is 5.32 Å². The number of benzene rings is 1. The van der Waals surface area contributed by atoms with Crippen LogP contribution in [0.25, 0.3) is 0 Å². The Morgan fingerprint density at radius 2 is 2.00 bits per heavy atom. The van der Waals surface area contributed by atoms with E-state index < -0.39 is 0 Å². The van der Waals surface area contributed by atoms with Gasteiger partial charge in [-0.25, -0.2) is 0 Å². The van der Waals surface area contributed by atoms with Crippen molar-refractivity contribution in [3.8, 4) is 5.75 Å². The molecule has 2 nitrogen and oxygen atoms in total. The molecule has 0 saturated heterocycles. The molecule has 0 radical (unpaired) electrons. The summed E-state index contributed by atoms with van der Waals surface area (Å²) in [7, 11) is 1.92. The van der Waals surface area contributed by atoms with Crippen molar-refractivity contribution in [1.82, 2.24) is 5.32 Å². The first-order valence-corrected chi connectivity index (χ1v) is 5.95. The number of nitrogens with one attached hydrogen (secondary N) is 1. The van der Waals surface area contributed by atoms with Crippen molar-refractivity contribution in [3.63, 3.8) is 0 Å². The molecule has 0 amide bonds. The summed E-state index contributed by atoms with van der Waals surface area (Å²) in [5, 5.41) is 3.98. The lowest BCUT2D eigenvalue weighted by atomic mass is 10.0. The molecule has 0 aliphatic rings. The van der Waals surface area contributed by atoms with E-state index in [1.807, 2.05) is 40.8 Å². The van der Waals surface area contributed by atoms with Crippen molar-refractivity contribution in [2.24, 2.45) is 0 Å². The molecular weight excluding hydrogens is 222 g/mol. The van der Waals surface area contributed by atoms with Gasteiger partial charge < -0.3 is 10.1 Å². The van der Waals surface area contributed by atoms with Gasteiger partial charge in [0, 0.05) is 17.1 Å². The smallest absolute Gasteiger partial charge is 0.124 e. The molecule has 1 aromatic carbocycles. The molecule has 1 N–H and O–H groups in total. The number of aryl methyl sites for hydroxylation is 1. The second-order valence-corrected chi connectivity index (χ2v) is 4.68. The normalized spacial score (nSPS) is 10.9. The molecule has 0 aliphatic heterocycles. The lowest BCUT2D eigenvalue weighted by Gasteiger charge is -2.18. The zero-order valence-electron chi connectivity index (χ0n) is 10.6. The molecule has 0 saturated carbocycles. The fourth-order valence-electron chi connectivity index (χ4n) is 1.72. The molecular formula is C13H20ClNO. The summed E-state index contributed by atoms with van der Waals surface area (Å²) in [4.78, 5) is 0. The summed E-state index contributed by atoms with van der Waals surface area (Å²) >= 11 is 6.24. The Morgan fingerprint density at radius 3 is 2.50 bits per heavy atom. The molecule has 0 heterocycles. The van der Waals surface area contributed by atoms with E-state index in [-0.39, 0.29) is 6.10 Å². The molecule has 0 aliphatic carbocycles. The lowest BCUT2D eigenvalue weighted by molar-refractivity contribution is 0.239. The molecule has 1 aromatic rings. The van der Waals surface area contributed by atoms with Gasteiger partial charge in [-0.2, -0.15) is 0 Å². The van der Waals surface area contributed by atoms with Crippen LogP contribution >= 0.6 is 11.6 Å². The average Bonchev–Trinajstić information content (AvgIpc) is 2.20. The van der Waals surface area contributed by atoms with Gasteiger partial charge in [0.1, 0.15) is 5.75 Å². The van der Waals surface area contributed by atoms with Crippen LogP contribution in [0.15, 0.2) is 6.07 Å². The third-order valence-electron chi connectivity index (χ3n) is 2.49. The monoisotopic (exact) mass is 241 g/mol. The topological polar surface area (TPSA) is 21.3 Å². The van der Waals surface area contributed by atoms with Crippen molar-refractivity contribution in [1.29, 1.82) is 0 Å². The molecule has 0 bridgehead atoms. The van der Waals surface area contributed by atoms with E-state index in [0.29, 0.717) is 0 Å². The molecule has 0 aromatic heterocycles. The number of hydrogen-bond acceptors (Lipinski definition) is 2. The van der Waals surface area contributed by atoms with Gasteiger partial charge in [0.15, 0.2) is 0 Å². The van der Waals surface area contributed by atoms with Crippen LogP contribution in [0.3, 0.4) is 0 Å². The Balaban J connectivity index is 3.23. The second kappa shape index (κ2) is 5.55. The number of ether oxygens (including phenoxy) is 1. The first kappa shape index (κ1) is 13.3. The first-order chi connectivity index (χ1) is 7.47. The quantitative estimate of drug-likeness (QED) is 0.872. The van der Waals surface area contributed by atoms with Crippen LogP contribution in [0.4, 0.5) is 0 Å². The van der Waals surface area contributed by atoms with Gasteiger partial charge >= 0.3 is 0 Å². The first-order valence-electron chi connectivity index (χ1n) is 5.57. The van der Waals surface area contributed by atoms with Crippen LogP contribution in [0.2, 0.25) is 5.02 Å². The zero-order valence-corrected chi connectivity index (χ0v) is 11.4. The van der Waals surface area contributed by atoms with Gasteiger partial charge in [-0.3, -0.25) is 0 Å². The van der Waals surface area contributed by atoms with Gasteiger partial charge in [0.25, 0.3) is 0 Å². The summed E-state index contributed by atoms with van der Waals surface area (Å²) in [6.07, 6.45) is 0.176. The van der Waals surface area contributed by atoms with Gasteiger partial charge in [-0.05, 0) is 51.9 Å². The maximum absolute atomic E-state index is 6.24. The van der Waals surface area contributed by atoms with Crippen LogP contribution in [0, 0.1) is 13.8 Å². The van der Waals surface area contributed by atoms with Gasteiger partial charge in [0.2, 0.25) is 0 Å². The third-order valence-corrected chi connectivity index (χ3v) is 3.07. The minimum absolute atomic E-state index is 0.176. The second-order valence-electron chi connectivity index (χ2n) is 4.31. The molecule has 0 unspecified atom stereocenters. The summed E-state index contributed by atoms with van der Waals surface area (Å²) in [5.41, 5.74) is 3.31. The van der Waals surface area contributed by atoms with Crippen LogP contribution in [-0.2, 0) is 6.54 Å². The van der Waals surface area contributed by atoms with Crippen molar-refractivity contribution in [2.75, 3.05) is 7.05 Å². The molecule has 90 valence electrons. The van der Waals surface area contributed by atoms with E-state index in [1.165, 1.54) is 0 Å². The summed E-state index contributed by atoms with van der Waals surface area (Å²) < 4.78 is 5.82. The molecule has 0 spiro atoms. The minimum atomic E-state index is 0.176. The number of halogens is 1. The van der Waals surface area contributed by atoms with E-state index in [1.54, 1.807) is 0 Å². The standard InChI is InChI=1S/C13H20ClNO/c1-8(2)16-12-6-9(3)13(14)10(4)11(12)7-15-5/h6,8,15H,7H2,1-5H3. The summed E-state index contributed by atoms with van der Waals surface area (Å²) in [6, 6.07) is 2.02. The molecule has 3 heteroatoms.